The van der Waals surface area contributed by atoms with Crippen molar-refractivity contribution in [1.29, 1.82) is 0 Å². The molecule has 0 radical (unpaired) electrons. The summed E-state index contributed by atoms with van der Waals surface area (Å²) in [6, 6.07) is -0.165. The van der Waals surface area contributed by atoms with Crippen molar-refractivity contribution < 1.29 is 24.8 Å². The quantitative estimate of drug-likeness (QED) is 0.510. The van der Waals surface area contributed by atoms with Crippen LogP contribution in [-0.2, 0) is 9.47 Å². The maximum absolute atomic E-state index is 10.2. The van der Waals surface area contributed by atoms with Gasteiger partial charge in [0.1, 0.15) is 42.0 Å². The predicted molar refractivity (Wildman–Crippen MR) is 79.6 cm³/mol. The topological polar surface area (TPSA) is 149 Å². The Hall–Kier alpha value is -1.69. The van der Waals surface area contributed by atoms with E-state index in [-0.39, 0.29) is 12.1 Å². The predicted octanol–water partition coefficient (Wildman–Crippen LogP) is -1.77. The Labute approximate surface area is 136 Å². The summed E-state index contributed by atoms with van der Waals surface area (Å²) in [4.78, 5) is 12.8. The van der Waals surface area contributed by atoms with Crippen molar-refractivity contribution >= 4 is 11.2 Å². The Balaban J connectivity index is 1.74. The van der Waals surface area contributed by atoms with Crippen LogP contribution in [0.2, 0.25) is 0 Å². The highest BCUT2D eigenvalue weighted by atomic mass is 16.6. The Morgan fingerprint density at radius 3 is 2.75 bits per heavy atom. The van der Waals surface area contributed by atoms with Crippen LogP contribution < -0.4 is 5.73 Å². The van der Waals surface area contributed by atoms with Crippen molar-refractivity contribution in [3.8, 4) is 0 Å². The molecule has 24 heavy (non-hydrogen) atoms. The fraction of sp³-hybridized carbons (Fsp3) is 0.643. The van der Waals surface area contributed by atoms with Crippen molar-refractivity contribution in [2.75, 3.05) is 13.2 Å². The summed E-state index contributed by atoms with van der Waals surface area (Å²) in [6.07, 6.45) is -0.934. The molecule has 4 heterocycles. The number of aliphatic hydroxyl groups excluding tert-OH is 3. The van der Waals surface area contributed by atoms with Gasteiger partial charge in [-0.15, -0.1) is 0 Å². The summed E-state index contributed by atoms with van der Waals surface area (Å²) < 4.78 is 12.7. The van der Waals surface area contributed by atoms with Gasteiger partial charge in [0, 0.05) is 12.6 Å². The number of nitrogens with zero attached hydrogens (tertiary/aromatic N) is 4. The summed E-state index contributed by atoms with van der Waals surface area (Å²) in [5, 5.41) is 29.3. The Bertz CT molecular complexity index is 739. The Morgan fingerprint density at radius 1 is 1.25 bits per heavy atom. The standard InChI is InChI=1S/C14H19N5O5/c15-6-1-2-23-12(6)8-9-13(17-4-16-8)19(5-18-9)14-11(22)10(21)7(3-20)24-14/h4-7,10-12,14,20-22H,1-3,15H2/t6?,7-,10-,11-,12?,14-/m1/s1. The minimum absolute atomic E-state index is 0.165. The van der Waals surface area contributed by atoms with Crippen molar-refractivity contribution in [3.05, 3.63) is 18.3 Å². The van der Waals surface area contributed by atoms with Crippen molar-refractivity contribution in [2.24, 2.45) is 5.73 Å². The minimum atomic E-state index is -1.21. The number of aliphatic hydroxyl groups is 3. The second-order valence-corrected chi connectivity index (χ2v) is 6.06. The van der Waals surface area contributed by atoms with Gasteiger partial charge in [-0.2, -0.15) is 0 Å². The molecule has 2 aromatic rings. The molecule has 5 N–H and O–H groups in total. The molecule has 130 valence electrons. The van der Waals surface area contributed by atoms with Gasteiger partial charge in [0.25, 0.3) is 0 Å². The van der Waals surface area contributed by atoms with Gasteiger partial charge in [-0.05, 0) is 6.42 Å². The monoisotopic (exact) mass is 337 g/mol. The van der Waals surface area contributed by atoms with E-state index in [0.717, 1.165) is 6.42 Å². The van der Waals surface area contributed by atoms with Gasteiger partial charge >= 0.3 is 0 Å². The Morgan fingerprint density at radius 2 is 2.08 bits per heavy atom. The summed E-state index contributed by atoms with van der Waals surface area (Å²) >= 11 is 0. The van der Waals surface area contributed by atoms with E-state index in [4.69, 9.17) is 15.2 Å². The molecule has 2 saturated heterocycles. The first-order chi connectivity index (χ1) is 11.6. The van der Waals surface area contributed by atoms with Gasteiger partial charge in [0.2, 0.25) is 0 Å². The molecule has 10 nitrogen and oxygen atoms in total. The molecule has 2 aliphatic heterocycles. The van der Waals surface area contributed by atoms with E-state index in [0.29, 0.717) is 23.5 Å². The van der Waals surface area contributed by atoms with Gasteiger partial charge in [-0.3, -0.25) is 4.57 Å². The number of fused-ring (bicyclic) bond motifs is 1. The molecule has 0 amide bonds. The summed E-state index contributed by atoms with van der Waals surface area (Å²) in [5.41, 5.74) is 7.61. The molecule has 2 unspecified atom stereocenters. The molecule has 2 aliphatic rings. The Kier molecular flexibility index (Phi) is 3.95. The highest BCUT2D eigenvalue weighted by Crippen LogP contribution is 2.34. The van der Waals surface area contributed by atoms with Crippen LogP contribution in [0.5, 0.6) is 0 Å². The van der Waals surface area contributed by atoms with Crippen LogP contribution >= 0.6 is 0 Å². The summed E-state index contributed by atoms with van der Waals surface area (Å²) in [6.45, 7) is 0.166. The number of ether oxygens (including phenoxy) is 2. The van der Waals surface area contributed by atoms with E-state index in [2.05, 4.69) is 15.0 Å². The average Bonchev–Trinajstić information content (AvgIpc) is 3.27. The third-order valence-corrected chi connectivity index (χ3v) is 4.59. The third-order valence-electron chi connectivity index (χ3n) is 4.59. The minimum Gasteiger partial charge on any atom is -0.394 e. The third kappa shape index (κ3) is 2.31. The lowest BCUT2D eigenvalue weighted by atomic mass is 10.1. The zero-order valence-electron chi connectivity index (χ0n) is 12.8. The summed E-state index contributed by atoms with van der Waals surface area (Å²) in [7, 11) is 0. The van der Waals surface area contributed by atoms with E-state index < -0.39 is 31.1 Å². The molecule has 4 rings (SSSR count). The molecule has 0 spiro atoms. The van der Waals surface area contributed by atoms with E-state index in [1.165, 1.54) is 17.2 Å². The van der Waals surface area contributed by atoms with Gasteiger partial charge in [0.05, 0.1) is 12.9 Å². The molecule has 0 bridgehead atoms. The number of hydrogen-bond acceptors (Lipinski definition) is 9. The first-order valence-corrected chi connectivity index (χ1v) is 7.79. The first-order valence-electron chi connectivity index (χ1n) is 7.79. The molecule has 2 fully saturated rings. The van der Waals surface area contributed by atoms with Crippen molar-refractivity contribution in [1.82, 2.24) is 19.5 Å². The zero-order chi connectivity index (χ0) is 16.8. The maximum Gasteiger partial charge on any atom is 0.165 e. The molecular weight excluding hydrogens is 318 g/mol. The molecule has 0 saturated carbocycles. The molecule has 2 aromatic heterocycles. The van der Waals surface area contributed by atoms with Crippen LogP contribution in [0.1, 0.15) is 24.4 Å². The number of nitrogens with two attached hydrogens (primary N) is 1. The van der Waals surface area contributed by atoms with E-state index >= 15 is 0 Å². The van der Waals surface area contributed by atoms with Crippen LogP contribution in [-0.4, -0.2) is 72.4 Å². The lowest BCUT2D eigenvalue weighted by Gasteiger charge is -2.17. The second-order valence-electron chi connectivity index (χ2n) is 6.06. The maximum atomic E-state index is 10.2. The lowest BCUT2D eigenvalue weighted by Crippen LogP contribution is -2.33. The average molecular weight is 337 g/mol. The van der Waals surface area contributed by atoms with E-state index in [1.54, 1.807) is 0 Å². The highest BCUT2D eigenvalue weighted by molar-refractivity contribution is 5.73. The van der Waals surface area contributed by atoms with E-state index in [1.807, 2.05) is 0 Å². The van der Waals surface area contributed by atoms with Crippen LogP contribution in [0.3, 0.4) is 0 Å². The van der Waals surface area contributed by atoms with Crippen LogP contribution in [0.15, 0.2) is 12.7 Å². The SMILES string of the molecule is NC1CCOC1c1ncnc2c1ncn2[C@@H]1O[C@H](CO)[C@@H](O)[C@H]1O. The molecule has 10 heteroatoms. The summed E-state index contributed by atoms with van der Waals surface area (Å²) in [5.74, 6) is 0. The number of rotatable bonds is 3. The smallest absolute Gasteiger partial charge is 0.165 e. The molecule has 0 aliphatic carbocycles. The molecule has 0 aromatic carbocycles. The number of hydrogen-bond donors (Lipinski definition) is 4. The van der Waals surface area contributed by atoms with Crippen LogP contribution in [0.25, 0.3) is 11.2 Å². The highest BCUT2D eigenvalue weighted by Gasteiger charge is 2.44. The van der Waals surface area contributed by atoms with Gasteiger partial charge in [-0.1, -0.05) is 0 Å². The second kappa shape index (κ2) is 5.99. The van der Waals surface area contributed by atoms with Gasteiger partial charge in [0.15, 0.2) is 11.9 Å². The van der Waals surface area contributed by atoms with Crippen LogP contribution in [0.4, 0.5) is 0 Å². The molecular formula is C14H19N5O5. The largest absolute Gasteiger partial charge is 0.394 e. The van der Waals surface area contributed by atoms with Gasteiger partial charge < -0.3 is 30.5 Å². The van der Waals surface area contributed by atoms with Crippen molar-refractivity contribution in [3.63, 3.8) is 0 Å². The number of imidazole rings is 1. The lowest BCUT2D eigenvalue weighted by molar-refractivity contribution is -0.0511. The normalized spacial score (nSPS) is 36.7. The van der Waals surface area contributed by atoms with Crippen LogP contribution in [0, 0.1) is 0 Å². The van der Waals surface area contributed by atoms with Gasteiger partial charge in [-0.25, -0.2) is 15.0 Å². The fourth-order valence-corrected chi connectivity index (χ4v) is 3.26. The first kappa shape index (κ1) is 15.8. The van der Waals surface area contributed by atoms with Crippen molar-refractivity contribution in [2.45, 2.75) is 43.1 Å². The number of aromatic nitrogens is 4. The molecule has 6 atom stereocenters. The zero-order valence-corrected chi connectivity index (χ0v) is 12.8. The fourth-order valence-electron chi connectivity index (χ4n) is 3.26. The van der Waals surface area contributed by atoms with E-state index in [9.17, 15) is 15.3 Å².